The minimum Gasteiger partial charge on any atom is -0.369 e. The van der Waals surface area contributed by atoms with Crippen molar-refractivity contribution in [2.75, 3.05) is 35.7 Å². The van der Waals surface area contributed by atoms with Gasteiger partial charge in [0.1, 0.15) is 5.82 Å². The molecule has 0 saturated carbocycles. The SMILES string of the molecule is CCNc1nc(NCCCS(C)=O)c2ccccc2n1. The molecule has 0 bridgehead atoms. The molecule has 2 rings (SSSR count). The summed E-state index contributed by atoms with van der Waals surface area (Å²) in [6.07, 6.45) is 2.58. The Balaban J connectivity index is 2.18. The third-order valence-electron chi connectivity index (χ3n) is 2.84. The molecule has 0 amide bonds. The summed E-state index contributed by atoms with van der Waals surface area (Å²) in [6, 6.07) is 7.93. The van der Waals surface area contributed by atoms with E-state index in [1.54, 1.807) is 6.26 Å². The van der Waals surface area contributed by atoms with Crippen LogP contribution in [0.1, 0.15) is 13.3 Å². The summed E-state index contributed by atoms with van der Waals surface area (Å²) in [7, 11) is -0.743. The lowest BCUT2D eigenvalue weighted by atomic mass is 10.2. The van der Waals surface area contributed by atoms with Crippen molar-refractivity contribution in [1.82, 2.24) is 9.97 Å². The van der Waals surface area contributed by atoms with Crippen molar-refractivity contribution in [3.05, 3.63) is 24.3 Å². The molecule has 5 nitrogen and oxygen atoms in total. The molecule has 0 radical (unpaired) electrons. The molecular weight excluding hydrogens is 272 g/mol. The van der Waals surface area contributed by atoms with Crippen LogP contribution in [0.5, 0.6) is 0 Å². The molecule has 0 fully saturated rings. The zero-order valence-electron chi connectivity index (χ0n) is 11.8. The van der Waals surface area contributed by atoms with E-state index in [2.05, 4.69) is 20.6 Å². The van der Waals surface area contributed by atoms with Gasteiger partial charge in [0.2, 0.25) is 5.95 Å². The summed E-state index contributed by atoms with van der Waals surface area (Å²) in [5.41, 5.74) is 0.917. The molecule has 0 aliphatic rings. The zero-order valence-corrected chi connectivity index (χ0v) is 12.7. The minimum absolute atomic E-state index is 0.632. The first-order valence-corrected chi connectivity index (χ1v) is 8.48. The molecule has 108 valence electrons. The fourth-order valence-corrected chi connectivity index (χ4v) is 2.48. The summed E-state index contributed by atoms with van der Waals surface area (Å²) in [6.45, 7) is 3.56. The molecule has 6 heteroatoms. The van der Waals surface area contributed by atoms with E-state index < -0.39 is 10.8 Å². The van der Waals surface area contributed by atoms with Gasteiger partial charge in [-0.2, -0.15) is 4.98 Å². The molecule has 1 aromatic heterocycles. The molecule has 0 spiro atoms. The van der Waals surface area contributed by atoms with E-state index in [0.29, 0.717) is 11.7 Å². The normalized spacial score (nSPS) is 12.3. The molecule has 1 aromatic carbocycles. The molecule has 1 unspecified atom stereocenters. The molecule has 1 atom stereocenters. The van der Waals surface area contributed by atoms with Crippen molar-refractivity contribution in [3.8, 4) is 0 Å². The maximum Gasteiger partial charge on any atom is 0.225 e. The van der Waals surface area contributed by atoms with Crippen molar-refractivity contribution in [2.45, 2.75) is 13.3 Å². The van der Waals surface area contributed by atoms with Crippen LogP contribution >= 0.6 is 0 Å². The first kappa shape index (κ1) is 14.7. The predicted molar refractivity (Wildman–Crippen MR) is 85.7 cm³/mol. The van der Waals surface area contributed by atoms with Crippen LogP contribution in [-0.4, -0.2) is 39.3 Å². The van der Waals surface area contributed by atoms with Crippen LogP contribution in [0.15, 0.2) is 24.3 Å². The lowest BCUT2D eigenvalue weighted by Gasteiger charge is -2.10. The van der Waals surface area contributed by atoms with Crippen molar-refractivity contribution in [3.63, 3.8) is 0 Å². The van der Waals surface area contributed by atoms with E-state index >= 15 is 0 Å². The Morgan fingerprint density at radius 1 is 1.20 bits per heavy atom. The average molecular weight is 292 g/mol. The largest absolute Gasteiger partial charge is 0.369 e. The van der Waals surface area contributed by atoms with E-state index in [9.17, 15) is 4.21 Å². The number of aromatic nitrogens is 2. The number of nitrogens with zero attached hydrogens (tertiary/aromatic N) is 2. The molecule has 2 aromatic rings. The first-order chi connectivity index (χ1) is 9.70. The summed E-state index contributed by atoms with van der Waals surface area (Å²) < 4.78 is 11.1. The maximum absolute atomic E-state index is 11.1. The predicted octanol–water partition coefficient (Wildman–Crippen LogP) is 2.24. The van der Waals surface area contributed by atoms with Crippen LogP contribution in [0, 0.1) is 0 Å². The topological polar surface area (TPSA) is 66.9 Å². The highest BCUT2D eigenvalue weighted by Gasteiger charge is 2.06. The van der Waals surface area contributed by atoms with Crippen LogP contribution in [0.2, 0.25) is 0 Å². The smallest absolute Gasteiger partial charge is 0.225 e. The van der Waals surface area contributed by atoms with Crippen molar-refractivity contribution < 1.29 is 4.21 Å². The monoisotopic (exact) mass is 292 g/mol. The van der Waals surface area contributed by atoms with Crippen LogP contribution < -0.4 is 10.6 Å². The van der Waals surface area contributed by atoms with Crippen LogP contribution in [0.25, 0.3) is 10.9 Å². The molecule has 0 saturated heterocycles. The van der Waals surface area contributed by atoms with Gasteiger partial charge in [0.15, 0.2) is 0 Å². The average Bonchev–Trinajstić information content (AvgIpc) is 2.43. The van der Waals surface area contributed by atoms with Crippen molar-refractivity contribution in [1.29, 1.82) is 0 Å². The number of hydrogen-bond acceptors (Lipinski definition) is 5. The van der Waals surface area contributed by atoms with E-state index in [4.69, 9.17) is 0 Å². The van der Waals surface area contributed by atoms with Crippen LogP contribution in [0.4, 0.5) is 11.8 Å². The second kappa shape index (κ2) is 7.19. The highest BCUT2D eigenvalue weighted by atomic mass is 32.2. The van der Waals surface area contributed by atoms with Crippen LogP contribution in [0.3, 0.4) is 0 Å². The standard InChI is InChI=1S/C14H20N4OS/c1-3-15-14-17-12-8-5-4-7-11(12)13(18-14)16-9-6-10-20(2)19/h4-5,7-8H,3,6,9-10H2,1-2H3,(H2,15,16,17,18). The Morgan fingerprint density at radius 3 is 2.75 bits per heavy atom. The quantitative estimate of drug-likeness (QED) is 0.766. The Labute approximate surface area is 121 Å². The number of anilines is 2. The summed E-state index contributed by atoms with van der Waals surface area (Å²) >= 11 is 0. The van der Waals surface area contributed by atoms with Gasteiger partial charge in [-0.15, -0.1) is 0 Å². The van der Waals surface area contributed by atoms with E-state index in [1.165, 1.54) is 0 Å². The van der Waals surface area contributed by atoms with Gasteiger partial charge in [-0.05, 0) is 25.5 Å². The fourth-order valence-electron chi connectivity index (χ4n) is 1.93. The van der Waals surface area contributed by atoms with Gasteiger partial charge in [-0.25, -0.2) is 4.98 Å². The summed E-state index contributed by atoms with van der Waals surface area (Å²) in [5.74, 6) is 2.16. The highest BCUT2D eigenvalue weighted by Crippen LogP contribution is 2.21. The molecule has 2 N–H and O–H groups in total. The maximum atomic E-state index is 11.1. The number of nitrogens with one attached hydrogen (secondary N) is 2. The van der Waals surface area contributed by atoms with Gasteiger partial charge in [-0.3, -0.25) is 4.21 Å². The van der Waals surface area contributed by atoms with Gasteiger partial charge in [0.25, 0.3) is 0 Å². The summed E-state index contributed by atoms with van der Waals surface area (Å²) in [4.78, 5) is 8.97. The molecule has 0 aliphatic carbocycles. The molecular formula is C14H20N4OS. The fraction of sp³-hybridized carbons (Fsp3) is 0.429. The van der Waals surface area contributed by atoms with Gasteiger partial charge in [0.05, 0.1) is 5.52 Å². The third kappa shape index (κ3) is 3.90. The number of hydrogen-bond donors (Lipinski definition) is 2. The molecule has 0 aliphatic heterocycles. The summed E-state index contributed by atoms with van der Waals surface area (Å²) in [5, 5.41) is 7.46. The van der Waals surface area contributed by atoms with Crippen molar-refractivity contribution in [2.24, 2.45) is 0 Å². The third-order valence-corrected chi connectivity index (χ3v) is 3.70. The second-order valence-electron chi connectivity index (χ2n) is 4.50. The van der Waals surface area contributed by atoms with E-state index in [-0.39, 0.29) is 0 Å². The molecule has 20 heavy (non-hydrogen) atoms. The second-order valence-corrected chi connectivity index (χ2v) is 6.06. The Hall–Kier alpha value is -1.69. The van der Waals surface area contributed by atoms with Gasteiger partial charge < -0.3 is 10.6 Å². The number of rotatable bonds is 7. The lowest BCUT2D eigenvalue weighted by molar-refractivity contribution is 0.685. The first-order valence-electron chi connectivity index (χ1n) is 6.75. The highest BCUT2D eigenvalue weighted by molar-refractivity contribution is 7.84. The Morgan fingerprint density at radius 2 is 2.00 bits per heavy atom. The lowest BCUT2D eigenvalue weighted by Crippen LogP contribution is -2.10. The van der Waals surface area contributed by atoms with Gasteiger partial charge in [-0.1, -0.05) is 12.1 Å². The van der Waals surface area contributed by atoms with E-state index in [1.807, 2.05) is 31.2 Å². The van der Waals surface area contributed by atoms with Gasteiger partial charge in [0, 0.05) is 41.3 Å². The number of fused-ring (bicyclic) bond motifs is 1. The number of benzene rings is 1. The molecule has 1 heterocycles. The van der Waals surface area contributed by atoms with Crippen molar-refractivity contribution >= 4 is 33.5 Å². The Bertz CT molecular complexity index is 603. The number of para-hydroxylation sites is 1. The van der Waals surface area contributed by atoms with Crippen LogP contribution in [-0.2, 0) is 10.8 Å². The van der Waals surface area contributed by atoms with Gasteiger partial charge >= 0.3 is 0 Å². The zero-order chi connectivity index (χ0) is 14.4. The van der Waals surface area contributed by atoms with E-state index in [0.717, 1.165) is 36.2 Å². The Kier molecular flexibility index (Phi) is 5.29. The minimum atomic E-state index is -0.743.